The van der Waals surface area contributed by atoms with Crippen LogP contribution in [0.3, 0.4) is 0 Å². The Morgan fingerprint density at radius 2 is 1.95 bits per heavy atom. The molecule has 0 aliphatic rings. The van der Waals surface area contributed by atoms with Crippen LogP contribution in [-0.2, 0) is 4.79 Å². The van der Waals surface area contributed by atoms with Crippen LogP contribution in [0.15, 0.2) is 48.8 Å². The van der Waals surface area contributed by atoms with E-state index in [4.69, 9.17) is 0 Å². The van der Waals surface area contributed by atoms with E-state index in [2.05, 4.69) is 9.97 Å². The summed E-state index contributed by atoms with van der Waals surface area (Å²) in [6, 6.07) is 10.6. The highest BCUT2D eigenvalue weighted by Gasteiger charge is 2.28. The minimum Gasteiger partial charge on any atom is -0.480 e. The van der Waals surface area contributed by atoms with Crippen LogP contribution in [0.4, 0.5) is 0 Å². The molecule has 0 aliphatic carbocycles. The number of rotatable bonds is 4. The average molecular weight is 295 g/mol. The Bertz CT molecular complexity index is 809. The predicted molar refractivity (Wildman–Crippen MR) is 84.5 cm³/mol. The molecule has 0 radical (unpaired) electrons. The van der Waals surface area contributed by atoms with Crippen molar-refractivity contribution in [2.45, 2.75) is 19.9 Å². The minimum absolute atomic E-state index is 0.0643. The summed E-state index contributed by atoms with van der Waals surface area (Å²) in [6.45, 7) is 3.81. The van der Waals surface area contributed by atoms with Gasteiger partial charge in [0.1, 0.15) is 11.9 Å². The number of carboxylic acids is 1. The molecule has 1 atom stereocenters. The lowest BCUT2D eigenvalue weighted by atomic mass is 10.0. The van der Waals surface area contributed by atoms with Crippen molar-refractivity contribution >= 4 is 17.0 Å². The summed E-state index contributed by atoms with van der Waals surface area (Å²) in [5.41, 5.74) is 2.42. The molecule has 5 nitrogen and oxygen atoms in total. The maximum Gasteiger partial charge on any atom is 0.327 e. The lowest BCUT2D eigenvalue weighted by Crippen LogP contribution is -2.24. The van der Waals surface area contributed by atoms with Crippen LogP contribution in [0.2, 0.25) is 0 Å². The van der Waals surface area contributed by atoms with Crippen molar-refractivity contribution < 1.29 is 9.90 Å². The van der Waals surface area contributed by atoms with E-state index in [9.17, 15) is 9.90 Å². The van der Waals surface area contributed by atoms with Crippen molar-refractivity contribution in [3.8, 4) is 11.4 Å². The maximum atomic E-state index is 11.8. The van der Waals surface area contributed by atoms with Crippen LogP contribution in [0, 0.1) is 5.92 Å². The van der Waals surface area contributed by atoms with E-state index in [1.807, 2.05) is 50.2 Å². The fourth-order valence-electron chi connectivity index (χ4n) is 2.72. The van der Waals surface area contributed by atoms with Gasteiger partial charge < -0.3 is 9.67 Å². The van der Waals surface area contributed by atoms with Crippen molar-refractivity contribution in [3.63, 3.8) is 0 Å². The Kier molecular flexibility index (Phi) is 3.63. The molecule has 1 aromatic carbocycles. The first-order valence-electron chi connectivity index (χ1n) is 7.19. The van der Waals surface area contributed by atoms with E-state index in [1.165, 1.54) is 0 Å². The number of benzene rings is 1. The molecular formula is C17H17N3O2. The predicted octanol–water partition coefficient (Wildman–Crippen LogP) is 3.38. The lowest BCUT2D eigenvalue weighted by molar-refractivity contribution is -0.142. The highest BCUT2D eigenvalue weighted by atomic mass is 16.4. The fraction of sp³-hybridized carbons (Fsp3) is 0.235. The molecule has 0 saturated carbocycles. The smallest absolute Gasteiger partial charge is 0.327 e. The van der Waals surface area contributed by atoms with Gasteiger partial charge in [-0.25, -0.2) is 9.78 Å². The first-order valence-corrected chi connectivity index (χ1v) is 7.19. The second-order valence-electron chi connectivity index (χ2n) is 5.56. The molecule has 0 amide bonds. The Hall–Kier alpha value is -2.69. The molecule has 2 heterocycles. The second kappa shape index (κ2) is 5.60. The molecule has 3 aromatic rings. The zero-order valence-corrected chi connectivity index (χ0v) is 12.5. The normalized spacial score (nSPS) is 12.7. The van der Waals surface area contributed by atoms with Crippen LogP contribution in [0.5, 0.6) is 0 Å². The summed E-state index contributed by atoms with van der Waals surface area (Å²) >= 11 is 0. The van der Waals surface area contributed by atoms with Crippen LogP contribution < -0.4 is 0 Å². The van der Waals surface area contributed by atoms with Gasteiger partial charge in [0, 0.05) is 18.0 Å². The van der Waals surface area contributed by atoms with Crippen molar-refractivity contribution in [1.82, 2.24) is 14.5 Å². The van der Waals surface area contributed by atoms with E-state index in [1.54, 1.807) is 17.0 Å². The zero-order chi connectivity index (χ0) is 15.7. The Balaban J connectivity index is 2.33. The molecule has 1 N–H and O–H groups in total. The van der Waals surface area contributed by atoms with Gasteiger partial charge in [0.05, 0.1) is 11.0 Å². The van der Waals surface area contributed by atoms with Crippen molar-refractivity contribution in [2.24, 2.45) is 5.92 Å². The van der Waals surface area contributed by atoms with Crippen LogP contribution in [0.1, 0.15) is 19.9 Å². The van der Waals surface area contributed by atoms with Crippen LogP contribution in [-0.4, -0.2) is 25.6 Å². The lowest BCUT2D eigenvalue weighted by Gasteiger charge is -2.21. The maximum absolute atomic E-state index is 11.8. The van der Waals surface area contributed by atoms with E-state index in [-0.39, 0.29) is 5.92 Å². The molecule has 0 spiro atoms. The summed E-state index contributed by atoms with van der Waals surface area (Å²) < 4.78 is 1.80. The number of carbonyl (C=O) groups is 1. The Morgan fingerprint density at radius 3 is 2.59 bits per heavy atom. The molecule has 112 valence electrons. The standard InChI is InChI=1S/C17H17N3O2/c1-11(2)15(17(21)22)20-14-8-4-3-7-13(14)19-16(20)12-6-5-9-18-10-12/h3-11,15H,1-2H3,(H,21,22). The van der Waals surface area contributed by atoms with Crippen molar-refractivity contribution in [1.29, 1.82) is 0 Å². The van der Waals surface area contributed by atoms with Gasteiger partial charge >= 0.3 is 5.97 Å². The molecule has 2 aromatic heterocycles. The van der Waals surface area contributed by atoms with E-state index < -0.39 is 12.0 Å². The van der Waals surface area contributed by atoms with Gasteiger partial charge in [-0.05, 0) is 30.2 Å². The SMILES string of the molecule is CC(C)C(C(=O)O)n1c(-c2cccnc2)nc2ccccc21. The molecule has 5 heteroatoms. The molecule has 0 saturated heterocycles. The third kappa shape index (κ3) is 2.35. The third-order valence-electron chi connectivity index (χ3n) is 3.68. The zero-order valence-electron chi connectivity index (χ0n) is 12.5. The average Bonchev–Trinajstić information content (AvgIpc) is 2.87. The number of hydrogen-bond donors (Lipinski definition) is 1. The highest BCUT2D eigenvalue weighted by Crippen LogP contribution is 2.31. The van der Waals surface area contributed by atoms with Gasteiger partial charge in [-0.15, -0.1) is 0 Å². The van der Waals surface area contributed by atoms with Gasteiger partial charge in [0.2, 0.25) is 0 Å². The highest BCUT2D eigenvalue weighted by molar-refractivity contribution is 5.84. The number of aromatic nitrogens is 3. The Morgan fingerprint density at radius 1 is 1.18 bits per heavy atom. The number of fused-ring (bicyclic) bond motifs is 1. The summed E-state index contributed by atoms with van der Waals surface area (Å²) in [7, 11) is 0. The molecule has 22 heavy (non-hydrogen) atoms. The third-order valence-corrected chi connectivity index (χ3v) is 3.68. The van der Waals surface area contributed by atoms with Crippen molar-refractivity contribution in [2.75, 3.05) is 0 Å². The van der Waals surface area contributed by atoms with E-state index in [0.717, 1.165) is 16.6 Å². The topological polar surface area (TPSA) is 68.0 Å². The molecule has 0 bridgehead atoms. The van der Waals surface area contributed by atoms with Crippen LogP contribution >= 0.6 is 0 Å². The molecule has 3 rings (SSSR count). The monoisotopic (exact) mass is 295 g/mol. The molecule has 0 fully saturated rings. The number of nitrogens with zero attached hydrogens (tertiary/aromatic N) is 3. The van der Waals surface area contributed by atoms with Crippen LogP contribution in [0.25, 0.3) is 22.4 Å². The number of aliphatic carboxylic acids is 1. The summed E-state index contributed by atoms with van der Waals surface area (Å²) in [5, 5.41) is 9.68. The summed E-state index contributed by atoms with van der Waals surface area (Å²) in [5.74, 6) is -0.288. The molecule has 1 unspecified atom stereocenters. The van der Waals surface area contributed by atoms with Gasteiger partial charge in [-0.2, -0.15) is 0 Å². The largest absolute Gasteiger partial charge is 0.480 e. The van der Waals surface area contributed by atoms with E-state index >= 15 is 0 Å². The van der Waals surface area contributed by atoms with E-state index in [0.29, 0.717) is 5.82 Å². The van der Waals surface area contributed by atoms with Gasteiger partial charge in [0.25, 0.3) is 0 Å². The van der Waals surface area contributed by atoms with Crippen molar-refractivity contribution in [3.05, 3.63) is 48.8 Å². The quantitative estimate of drug-likeness (QED) is 0.801. The molecule has 0 aliphatic heterocycles. The summed E-state index contributed by atoms with van der Waals surface area (Å²) in [6.07, 6.45) is 3.39. The number of para-hydroxylation sites is 2. The number of pyridine rings is 1. The summed E-state index contributed by atoms with van der Waals surface area (Å²) in [4.78, 5) is 20.6. The number of hydrogen-bond acceptors (Lipinski definition) is 3. The Labute approximate surface area is 128 Å². The number of carboxylic acid groups (broad SMARTS) is 1. The first-order chi connectivity index (χ1) is 10.6. The minimum atomic E-state index is -0.858. The van der Waals surface area contributed by atoms with Gasteiger partial charge in [-0.1, -0.05) is 26.0 Å². The van der Waals surface area contributed by atoms with Gasteiger partial charge in [0.15, 0.2) is 0 Å². The second-order valence-corrected chi connectivity index (χ2v) is 5.56. The fourth-order valence-corrected chi connectivity index (χ4v) is 2.72. The molecular weight excluding hydrogens is 278 g/mol. The first kappa shape index (κ1) is 14.3. The number of imidazole rings is 1. The van der Waals surface area contributed by atoms with Gasteiger partial charge in [-0.3, -0.25) is 4.98 Å².